The molecule has 0 N–H and O–H groups in total. The lowest BCUT2D eigenvalue weighted by Crippen LogP contribution is -2.13. The molecule has 0 aliphatic heterocycles. The number of pyridine rings is 1. The van der Waals surface area contributed by atoms with Gasteiger partial charge in [-0.05, 0) is 43.5 Å². The summed E-state index contributed by atoms with van der Waals surface area (Å²) in [6.45, 7) is 2.61. The zero-order valence-corrected chi connectivity index (χ0v) is 12.4. The van der Waals surface area contributed by atoms with Crippen molar-refractivity contribution in [3.05, 3.63) is 53.3 Å². The molecule has 0 atom stereocenters. The molecule has 0 saturated carbocycles. The Balaban J connectivity index is 2.03. The molecule has 0 unspecified atom stereocenters. The van der Waals surface area contributed by atoms with Crippen LogP contribution in [0.15, 0.2) is 41.9 Å². The van der Waals surface area contributed by atoms with Gasteiger partial charge in [-0.15, -0.1) is 11.3 Å². The number of aromatic nitrogens is 1. The van der Waals surface area contributed by atoms with Crippen molar-refractivity contribution in [2.75, 3.05) is 0 Å². The zero-order valence-electron chi connectivity index (χ0n) is 11.6. The van der Waals surface area contributed by atoms with Crippen LogP contribution in [0.1, 0.15) is 19.4 Å². The van der Waals surface area contributed by atoms with Crippen molar-refractivity contribution in [1.29, 1.82) is 0 Å². The average molecular weight is 305 g/mol. The number of rotatable bonds is 3. The summed E-state index contributed by atoms with van der Waals surface area (Å²) in [4.78, 5) is 5.15. The summed E-state index contributed by atoms with van der Waals surface area (Å²) in [5, 5.41) is 2.87. The fourth-order valence-corrected chi connectivity index (χ4v) is 2.91. The van der Waals surface area contributed by atoms with E-state index in [2.05, 4.69) is 4.98 Å². The quantitative estimate of drug-likeness (QED) is 0.643. The monoisotopic (exact) mass is 305 g/mol. The van der Waals surface area contributed by atoms with E-state index < -0.39 is 11.5 Å². The van der Waals surface area contributed by atoms with Gasteiger partial charge in [-0.3, -0.25) is 0 Å². The molecule has 0 saturated heterocycles. The highest BCUT2D eigenvalue weighted by molar-refractivity contribution is 7.16. The number of halogens is 2. The maximum Gasteiger partial charge on any atom is 0.146 e. The van der Waals surface area contributed by atoms with Gasteiger partial charge in [0.25, 0.3) is 0 Å². The highest BCUT2D eigenvalue weighted by Gasteiger charge is 2.27. The maximum absolute atomic E-state index is 14.2. The predicted octanol–water partition coefficient (Wildman–Crippen LogP) is 5.43. The molecule has 0 fully saturated rings. The van der Waals surface area contributed by atoms with E-state index in [4.69, 9.17) is 4.74 Å². The topological polar surface area (TPSA) is 22.1 Å². The third kappa shape index (κ3) is 2.74. The van der Waals surface area contributed by atoms with Crippen molar-refractivity contribution >= 4 is 21.6 Å². The molecule has 0 radical (unpaired) electrons. The summed E-state index contributed by atoms with van der Waals surface area (Å²) in [7, 11) is 0. The molecule has 0 spiro atoms. The molecule has 21 heavy (non-hydrogen) atoms. The molecule has 3 aromatic rings. The van der Waals surface area contributed by atoms with E-state index in [-0.39, 0.29) is 11.3 Å². The molecular weight excluding hydrogens is 292 g/mol. The minimum Gasteiger partial charge on any atom is -0.455 e. The number of hydrogen-bond acceptors (Lipinski definition) is 3. The largest absolute Gasteiger partial charge is 0.455 e. The summed E-state index contributed by atoms with van der Waals surface area (Å²) < 4.78 is 33.8. The van der Waals surface area contributed by atoms with Crippen molar-refractivity contribution < 1.29 is 13.5 Å². The molecule has 0 aliphatic rings. The molecule has 0 aliphatic carbocycles. The molecule has 108 valence electrons. The lowest BCUT2D eigenvalue weighted by Gasteiger charge is -2.19. The van der Waals surface area contributed by atoms with Crippen LogP contribution in [0.4, 0.5) is 8.78 Å². The second-order valence-corrected chi connectivity index (χ2v) is 6.07. The van der Waals surface area contributed by atoms with Crippen molar-refractivity contribution in [1.82, 2.24) is 4.98 Å². The van der Waals surface area contributed by atoms with Gasteiger partial charge >= 0.3 is 0 Å². The maximum atomic E-state index is 14.2. The van der Waals surface area contributed by atoms with Gasteiger partial charge in [0, 0.05) is 5.39 Å². The first-order valence-electron chi connectivity index (χ1n) is 6.44. The van der Waals surface area contributed by atoms with E-state index in [9.17, 15) is 8.78 Å². The second-order valence-electron chi connectivity index (χ2n) is 5.17. The average Bonchev–Trinajstić information content (AvgIpc) is 2.84. The van der Waals surface area contributed by atoms with Crippen molar-refractivity contribution in [3.8, 4) is 11.5 Å². The molecular formula is C16H13F2NOS. The van der Waals surface area contributed by atoms with E-state index >= 15 is 0 Å². The second kappa shape index (κ2) is 5.07. The normalized spacial score (nSPS) is 11.8. The minimum absolute atomic E-state index is 0.0876. The molecule has 2 nitrogen and oxygen atoms in total. The molecule has 0 amide bonds. The fourth-order valence-electron chi connectivity index (χ4n) is 2.19. The first-order chi connectivity index (χ1) is 9.95. The van der Waals surface area contributed by atoms with Crippen LogP contribution in [0.25, 0.3) is 10.2 Å². The van der Waals surface area contributed by atoms with Crippen molar-refractivity contribution in [3.63, 3.8) is 0 Å². The Hall–Kier alpha value is -2.01. The van der Waals surface area contributed by atoms with E-state index in [1.54, 1.807) is 18.3 Å². The third-order valence-electron chi connectivity index (χ3n) is 3.08. The number of ether oxygens (including phenoxy) is 1. The Morgan fingerprint density at radius 3 is 2.81 bits per heavy atom. The van der Waals surface area contributed by atoms with E-state index in [1.807, 2.05) is 11.4 Å². The number of alkyl halides is 1. The molecule has 2 heterocycles. The Morgan fingerprint density at radius 2 is 2.05 bits per heavy atom. The van der Waals surface area contributed by atoms with Gasteiger partial charge in [-0.2, -0.15) is 0 Å². The molecule has 3 rings (SSSR count). The minimum atomic E-state index is -1.83. The van der Waals surface area contributed by atoms with Crippen molar-refractivity contribution in [2.45, 2.75) is 19.5 Å². The lowest BCUT2D eigenvalue weighted by molar-refractivity contribution is 0.207. The number of thiophene rings is 1. The van der Waals surface area contributed by atoms with Gasteiger partial charge in [0.1, 0.15) is 27.8 Å². The number of nitrogens with zero attached hydrogens (tertiary/aromatic N) is 1. The Labute approximate surface area is 125 Å². The van der Waals surface area contributed by atoms with Gasteiger partial charge in [0.05, 0.1) is 11.8 Å². The standard InChI is InChI=1S/C16H13F2NOS/c1-16(2,18)14-12(17)4-3-5-13(14)20-11-8-10-6-7-21-15(10)19-9-11/h3-9H,1-2H3. The van der Waals surface area contributed by atoms with E-state index in [1.165, 1.54) is 37.3 Å². The molecule has 2 aromatic heterocycles. The molecule has 0 bridgehead atoms. The highest BCUT2D eigenvalue weighted by Crippen LogP contribution is 2.37. The van der Waals surface area contributed by atoms with Crippen LogP contribution in [-0.2, 0) is 5.67 Å². The molecule has 5 heteroatoms. The van der Waals surface area contributed by atoms with Crippen LogP contribution < -0.4 is 4.74 Å². The smallest absolute Gasteiger partial charge is 0.146 e. The predicted molar refractivity (Wildman–Crippen MR) is 80.2 cm³/mol. The number of benzene rings is 1. The van der Waals surface area contributed by atoms with E-state index in [0.717, 1.165) is 10.2 Å². The van der Waals surface area contributed by atoms with E-state index in [0.29, 0.717) is 5.75 Å². The number of hydrogen-bond donors (Lipinski definition) is 0. The summed E-state index contributed by atoms with van der Waals surface area (Å²) in [6, 6.07) is 8.00. The summed E-state index contributed by atoms with van der Waals surface area (Å²) in [5.74, 6) is 0.000417. The van der Waals surface area contributed by atoms with Crippen LogP contribution in [0.2, 0.25) is 0 Å². The van der Waals surface area contributed by atoms with Crippen LogP contribution in [0.5, 0.6) is 11.5 Å². The van der Waals surface area contributed by atoms with Gasteiger partial charge in [-0.1, -0.05) is 6.07 Å². The fraction of sp³-hybridized carbons (Fsp3) is 0.188. The van der Waals surface area contributed by atoms with Crippen LogP contribution >= 0.6 is 11.3 Å². The zero-order chi connectivity index (χ0) is 15.0. The lowest BCUT2D eigenvalue weighted by atomic mass is 9.98. The van der Waals surface area contributed by atoms with Gasteiger partial charge in [-0.25, -0.2) is 13.8 Å². The highest BCUT2D eigenvalue weighted by atomic mass is 32.1. The van der Waals surface area contributed by atoms with Crippen LogP contribution in [0.3, 0.4) is 0 Å². The Kier molecular flexibility index (Phi) is 3.37. The summed E-state index contributed by atoms with van der Waals surface area (Å²) in [6.07, 6.45) is 1.55. The van der Waals surface area contributed by atoms with Gasteiger partial charge in [0.2, 0.25) is 0 Å². The third-order valence-corrected chi connectivity index (χ3v) is 3.92. The van der Waals surface area contributed by atoms with Crippen LogP contribution in [-0.4, -0.2) is 4.98 Å². The van der Waals surface area contributed by atoms with Gasteiger partial charge < -0.3 is 4.74 Å². The summed E-state index contributed by atoms with van der Waals surface area (Å²) >= 11 is 1.53. The van der Waals surface area contributed by atoms with Crippen molar-refractivity contribution in [2.24, 2.45) is 0 Å². The van der Waals surface area contributed by atoms with Gasteiger partial charge in [0.15, 0.2) is 0 Å². The number of fused-ring (bicyclic) bond motifs is 1. The Bertz CT molecular complexity index is 792. The summed E-state index contributed by atoms with van der Waals surface area (Å²) in [5.41, 5.74) is -1.92. The first-order valence-corrected chi connectivity index (χ1v) is 7.32. The molecule has 1 aromatic carbocycles. The first kappa shape index (κ1) is 13.9. The SMILES string of the molecule is CC(C)(F)c1c(F)cccc1Oc1cnc2sccc2c1. The Morgan fingerprint density at radius 1 is 1.24 bits per heavy atom. The van der Waals surface area contributed by atoms with Crippen LogP contribution in [0, 0.1) is 5.82 Å².